The molecular formula is C22H31N3O3. The van der Waals surface area contributed by atoms with Gasteiger partial charge in [0.05, 0.1) is 0 Å². The minimum absolute atomic E-state index is 0.247. The first-order valence-corrected chi connectivity index (χ1v) is 10.3. The number of amides is 4. The van der Waals surface area contributed by atoms with Gasteiger partial charge in [0, 0.05) is 5.69 Å². The monoisotopic (exact) mass is 385 g/mol. The minimum Gasteiger partial charge on any atom is -0.324 e. The summed E-state index contributed by atoms with van der Waals surface area (Å²) in [7, 11) is 0. The molecule has 3 rings (SSSR count). The fourth-order valence-corrected chi connectivity index (χ4v) is 4.33. The minimum atomic E-state index is -0.797. The molecule has 4 amide bonds. The standard InChI is InChI=1S/C22H31N3O3/c1-14(2)16-9-8-10-17(15(3)4)19(16)23-18(26)13-25-20(27)22(24-21(25)28)11-6-5-7-12-22/h8-10,14-15H,5-7,11-13H2,1-4H3,(H,23,26)(H,24,28). The molecule has 0 aromatic heterocycles. The fraction of sp³-hybridized carbons (Fsp3) is 0.591. The Kier molecular flexibility index (Phi) is 5.77. The van der Waals surface area contributed by atoms with Crippen LogP contribution in [-0.2, 0) is 9.59 Å². The zero-order valence-electron chi connectivity index (χ0n) is 17.3. The normalized spacial score (nSPS) is 18.9. The summed E-state index contributed by atoms with van der Waals surface area (Å²) in [6, 6.07) is 5.57. The van der Waals surface area contributed by atoms with Crippen LogP contribution in [0, 0.1) is 0 Å². The highest BCUT2D eigenvalue weighted by Crippen LogP contribution is 2.34. The molecule has 6 nitrogen and oxygen atoms in total. The van der Waals surface area contributed by atoms with Gasteiger partial charge in [0.2, 0.25) is 5.91 Å². The quantitative estimate of drug-likeness (QED) is 0.748. The Bertz CT molecular complexity index is 753. The van der Waals surface area contributed by atoms with Gasteiger partial charge in [0.1, 0.15) is 12.1 Å². The van der Waals surface area contributed by atoms with Gasteiger partial charge in [-0.25, -0.2) is 4.79 Å². The third kappa shape index (κ3) is 3.77. The van der Waals surface area contributed by atoms with Crippen molar-refractivity contribution in [1.29, 1.82) is 0 Å². The summed E-state index contributed by atoms with van der Waals surface area (Å²) in [5.74, 6) is -0.104. The number of urea groups is 1. The van der Waals surface area contributed by atoms with E-state index in [-0.39, 0.29) is 30.2 Å². The first-order valence-electron chi connectivity index (χ1n) is 10.3. The van der Waals surface area contributed by atoms with Crippen molar-refractivity contribution in [2.75, 3.05) is 11.9 Å². The van der Waals surface area contributed by atoms with E-state index >= 15 is 0 Å². The zero-order chi connectivity index (χ0) is 20.5. The first kappa shape index (κ1) is 20.4. The van der Waals surface area contributed by atoms with E-state index in [1.165, 1.54) is 0 Å². The molecule has 1 aliphatic carbocycles. The Morgan fingerprint density at radius 3 is 2.18 bits per heavy atom. The third-order valence-electron chi connectivity index (χ3n) is 5.89. The molecule has 6 heteroatoms. The van der Waals surface area contributed by atoms with Crippen LogP contribution in [0.4, 0.5) is 10.5 Å². The number of rotatable bonds is 5. The highest BCUT2D eigenvalue weighted by atomic mass is 16.2. The van der Waals surface area contributed by atoms with Crippen LogP contribution in [0.5, 0.6) is 0 Å². The van der Waals surface area contributed by atoms with Crippen molar-refractivity contribution in [3.63, 3.8) is 0 Å². The SMILES string of the molecule is CC(C)c1cccc(C(C)C)c1NC(=O)CN1C(=O)NC2(CCCCC2)C1=O. The molecule has 152 valence electrons. The van der Waals surface area contributed by atoms with Gasteiger partial charge in [0.15, 0.2) is 0 Å². The summed E-state index contributed by atoms with van der Waals surface area (Å²) in [4.78, 5) is 39.2. The predicted molar refractivity (Wildman–Crippen MR) is 109 cm³/mol. The average Bonchev–Trinajstić information content (AvgIpc) is 2.86. The van der Waals surface area contributed by atoms with Gasteiger partial charge in [-0.3, -0.25) is 14.5 Å². The Balaban J connectivity index is 1.78. The molecule has 0 atom stereocenters. The number of anilines is 1. The number of carbonyl (C=O) groups is 3. The van der Waals surface area contributed by atoms with Crippen LogP contribution in [0.15, 0.2) is 18.2 Å². The largest absolute Gasteiger partial charge is 0.325 e. The van der Waals surface area contributed by atoms with Crippen molar-refractivity contribution in [2.45, 2.75) is 77.2 Å². The Labute approximate surface area is 167 Å². The third-order valence-corrected chi connectivity index (χ3v) is 5.89. The van der Waals surface area contributed by atoms with E-state index in [2.05, 4.69) is 38.3 Å². The van der Waals surface area contributed by atoms with Crippen molar-refractivity contribution in [3.8, 4) is 0 Å². The second-order valence-electron chi connectivity index (χ2n) is 8.63. The number of hydrogen-bond donors (Lipinski definition) is 2. The van der Waals surface area contributed by atoms with Crippen LogP contribution in [0.25, 0.3) is 0 Å². The van der Waals surface area contributed by atoms with Crippen LogP contribution < -0.4 is 10.6 Å². The summed E-state index contributed by atoms with van der Waals surface area (Å²) >= 11 is 0. The fourth-order valence-electron chi connectivity index (χ4n) is 4.33. The summed E-state index contributed by atoms with van der Waals surface area (Å²) in [5.41, 5.74) is 2.12. The molecule has 2 aliphatic rings. The van der Waals surface area contributed by atoms with Gasteiger partial charge in [-0.05, 0) is 35.8 Å². The van der Waals surface area contributed by atoms with E-state index in [0.29, 0.717) is 12.8 Å². The molecule has 1 aliphatic heterocycles. The summed E-state index contributed by atoms with van der Waals surface area (Å²) in [6.07, 6.45) is 4.24. The Morgan fingerprint density at radius 2 is 1.64 bits per heavy atom. The van der Waals surface area contributed by atoms with Gasteiger partial charge < -0.3 is 10.6 Å². The molecule has 1 spiro atoms. The molecule has 1 heterocycles. The maximum atomic E-state index is 12.9. The zero-order valence-corrected chi connectivity index (χ0v) is 17.3. The second-order valence-corrected chi connectivity index (χ2v) is 8.63. The smallest absolute Gasteiger partial charge is 0.324 e. The molecule has 0 bridgehead atoms. The van der Waals surface area contributed by atoms with Gasteiger partial charge in [-0.1, -0.05) is 65.2 Å². The molecule has 1 saturated carbocycles. The number of para-hydroxylation sites is 1. The lowest BCUT2D eigenvalue weighted by Crippen LogP contribution is -2.48. The summed E-state index contributed by atoms with van der Waals surface area (Å²) in [5, 5.41) is 5.84. The van der Waals surface area contributed by atoms with Crippen LogP contribution >= 0.6 is 0 Å². The van der Waals surface area contributed by atoms with Crippen molar-refractivity contribution >= 4 is 23.5 Å². The van der Waals surface area contributed by atoms with E-state index in [0.717, 1.165) is 41.0 Å². The molecular weight excluding hydrogens is 354 g/mol. The number of imide groups is 1. The topological polar surface area (TPSA) is 78.5 Å². The van der Waals surface area contributed by atoms with E-state index < -0.39 is 11.6 Å². The molecule has 0 unspecified atom stereocenters. The molecule has 2 fully saturated rings. The lowest BCUT2D eigenvalue weighted by atomic mass is 9.82. The number of nitrogens with one attached hydrogen (secondary N) is 2. The maximum absolute atomic E-state index is 12.9. The molecule has 28 heavy (non-hydrogen) atoms. The van der Waals surface area contributed by atoms with Gasteiger partial charge >= 0.3 is 6.03 Å². The van der Waals surface area contributed by atoms with E-state index in [1.807, 2.05) is 18.2 Å². The molecule has 0 radical (unpaired) electrons. The number of nitrogens with zero attached hydrogens (tertiary/aromatic N) is 1. The second kappa shape index (κ2) is 7.94. The van der Waals surface area contributed by atoms with Crippen LogP contribution in [-0.4, -0.2) is 34.8 Å². The van der Waals surface area contributed by atoms with Gasteiger partial charge in [-0.15, -0.1) is 0 Å². The van der Waals surface area contributed by atoms with Gasteiger partial charge in [0.25, 0.3) is 5.91 Å². The van der Waals surface area contributed by atoms with Crippen molar-refractivity contribution in [3.05, 3.63) is 29.3 Å². The number of benzene rings is 1. The predicted octanol–water partition coefficient (Wildman–Crippen LogP) is 4.13. The maximum Gasteiger partial charge on any atom is 0.325 e. The number of hydrogen-bond acceptors (Lipinski definition) is 3. The first-order chi connectivity index (χ1) is 13.2. The highest BCUT2D eigenvalue weighted by Gasteiger charge is 2.51. The van der Waals surface area contributed by atoms with Crippen LogP contribution in [0.2, 0.25) is 0 Å². The Hall–Kier alpha value is -2.37. The number of carbonyl (C=O) groups excluding carboxylic acids is 3. The van der Waals surface area contributed by atoms with Crippen molar-refractivity contribution < 1.29 is 14.4 Å². The lowest BCUT2D eigenvalue weighted by Gasteiger charge is -2.30. The van der Waals surface area contributed by atoms with E-state index in [9.17, 15) is 14.4 Å². The highest BCUT2D eigenvalue weighted by molar-refractivity contribution is 6.10. The molecule has 2 N–H and O–H groups in total. The van der Waals surface area contributed by atoms with Crippen LogP contribution in [0.1, 0.15) is 82.8 Å². The average molecular weight is 386 g/mol. The van der Waals surface area contributed by atoms with E-state index in [4.69, 9.17) is 0 Å². The molecule has 1 aromatic carbocycles. The van der Waals surface area contributed by atoms with Crippen molar-refractivity contribution in [2.24, 2.45) is 0 Å². The van der Waals surface area contributed by atoms with Crippen LogP contribution in [0.3, 0.4) is 0 Å². The molecule has 1 aromatic rings. The lowest BCUT2D eigenvalue weighted by molar-refractivity contribution is -0.134. The Morgan fingerprint density at radius 1 is 1.07 bits per heavy atom. The molecule has 1 saturated heterocycles. The van der Waals surface area contributed by atoms with E-state index in [1.54, 1.807) is 0 Å². The van der Waals surface area contributed by atoms with Gasteiger partial charge in [-0.2, -0.15) is 0 Å². The summed E-state index contributed by atoms with van der Waals surface area (Å²) < 4.78 is 0. The van der Waals surface area contributed by atoms with Crippen molar-refractivity contribution in [1.82, 2.24) is 10.2 Å². The summed E-state index contributed by atoms with van der Waals surface area (Å²) in [6.45, 7) is 8.08.